The summed E-state index contributed by atoms with van der Waals surface area (Å²) >= 11 is 1.28. The molecule has 2 heterocycles. The Morgan fingerprint density at radius 1 is 1.23 bits per heavy atom. The molecular formula is C18H20N2O4S2. The van der Waals surface area contributed by atoms with Gasteiger partial charge in [0.1, 0.15) is 10.6 Å². The van der Waals surface area contributed by atoms with Gasteiger partial charge in [0.05, 0.1) is 17.9 Å². The third kappa shape index (κ3) is 4.25. The molecule has 0 spiro atoms. The number of methoxy groups -OCH3 is 1. The van der Waals surface area contributed by atoms with Crippen molar-refractivity contribution in [2.75, 3.05) is 26.0 Å². The Morgan fingerprint density at radius 3 is 2.65 bits per heavy atom. The maximum Gasteiger partial charge on any atom is 0.244 e. The maximum absolute atomic E-state index is 12.5. The second kappa shape index (κ2) is 8.20. The highest BCUT2D eigenvalue weighted by molar-refractivity contribution is 7.99. The van der Waals surface area contributed by atoms with Crippen molar-refractivity contribution in [3.63, 3.8) is 0 Å². The number of hydrogen-bond donors (Lipinski definition) is 0. The second-order valence-electron chi connectivity index (χ2n) is 5.89. The smallest absolute Gasteiger partial charge is 0.244 e. The van der Waals surface area contributed by atoms with Crippen LogP contribution in [0.15, 0.2) is 52.5 Å². The molecule has 0 bridgehead atoms. The summed E-state index contributed by atoms with van der Waals surface area (Å²) in [5.74, 6) is 0.818. The van der Waals surface area contributed by atoms with E-state index < -0.39 is 10.0 Å². The highest BCUT2D eigenvalue weighted by atomic mass is 32.2. The number of ether oxygens (including phenoxy) is 1. The van der Waals surface area contributed by atoms with Gasteiger partial charge in [-0.05, 0) is 37.1 Å². The van der Waals surface area contributed by atoms with Crippen LogP contribution in [0.3, 0.4) is 0 Å². The van der Waals surface area contributed by atoms with Gasteiger partial charge in [-0.2, -0.15) is 4.31 Å². The molecule has 1 aromatic heterocycles. The molecule has 8 heteroatoms. The van der Waals surface area contributed by atoms with Crippen LogP contribution < -0.4 is 4.74 Å². The predicted octanol–water partition coefficient (Wildman–Crippen LogP) is 2.85. The van der Waals surface area contributed by atoms with Crippen molar-refractivity contribution < 1.29 is 17.9 Å². The number of Topliss-reactive ketones (excluding diaryl/α,β-unsaturated/α-hetero) is 1. The number of rotatable bonds is 7. The van der Waals surface area contributed by atoms with E-state index in [2.05, 4.69) is 4.98 Å². The van der Waals surface area contributed by atoms with Crippen LogP contribution in [0.1, 0.15) is 23.2 Å². The van der Waals surface area contributed by atoms with E-state index in [4.69, 9.17) is 4.74 Å². The van der Waals surface area contributed by atoms with Gasteiger partial charge in [0.15, 0.2) is 5.78 Å². The minimum atomic E-state index is -3.46. The molecule has 1 aromatic carbocycles. The van der Waals surface area contributed by atoms with E-state index in [-0.39, 0.29) is 16.4 Å². The van der Waals surface area contributed by atoms with Crippen LogP contribution in [-0.2, 0) is 10.0 Å². The lowest BCUT2D eigenvalue weighted by atomic mass is 10.1. The average Bonchev–Trinajstić information content (AvgIpc) is 3.22. The summed E-state index contributed by atoms with van der Waals surface area (Å²) < 4.78 is 31.6. The van der Waals surface area contributed by atoms with Crippen molar-refractivity contribution in [1.29, 1.82) is 0 Å². The highest BCUT2D eigenvalue weighted by Gasteiger charge is 2.27. The number of carbonyl (C=O) groups is 1. The number of benzene rings is 1. The van der Waals surface area contributed by atoms with Crippen molar-refractivity contribution in [2.24, 2.45) is 0 Å². The molecule has 1 aliphatic heterocycles. The summed E-state index contributed by atoms with van der Waals surface area (Å²) in [6, 6.07) is 10.2. The van der Waals surface area contributed by atoms with E-state index in [1.54, 1.807) is 43.5 Å². The fourth-order valence-corrected chi connectivity index (χ4v) is 4.90. The number of nitrogens with zero attached hydrogens (tertiary/aromatic N) is 2. The molecule has 2 aromatic rings. The fourth-order valence-electron chi connectivity index (χ4n) is 2.70. The normalized spacial score (nSPS) is 15.1. The van der Waals surface area contributed by atoms with E-state index in [1.165, 1.54) is 22.3 Å². The molecule has 6 nitrogen and oxygen atoms in total. The number of pyridine rings is 1. The van der Waals surface area contributed by atoms with Gasteiger partial charge >= 0.3 is 0 Å². The lowest BCUT2D eigenvalue weighted by Gasteiger charge is -2.15. The van der Waals surface area contributed by atoms with Crippen LogP contribution in [-0.4, -0.2) is 49.4 Å². The predicted molar refractivity (Wildman–Crippen MR) is 100 cm³/mol. The summed E-state index contributed by atoms with van der Waals surface area (Å²) in [6.45, 7) is 1.13. The van der Waals surface area contributed by atoms with Crippen LogP contribution in [0.5, 0.6) is 5.75 Å². The Balaban J connectivity index is 1.63. The summed E-state index contributed by atoms with van der Waals surface area (Å²) in [5, 5.41) is 0.613. The molecule has 0 N–H and O–H groups in total. The Morgan fingerprint density at radius 2 is 2.00 bits per heavy atom. The Kier molecular flexibility index (Phi) is 5.95. The largest absolute Gasteiger partial charge is 0.497 e. The van der Waals surface area contributed by atoms with Crippen molar-refractivity contribution in [3.05, 3.63) is 48.2 Å². The molecule has 138 valence electrons. The Hall–Kier alpha value is -1.90. The summed E-state index contributed by atoms with van der Waals surface area (Å²) in [4.78, 5) is 16.7. The third-order valence-electron chi connectivity index (χ3n) is 4.15. The fraction of sp³-hybridized carbons (Fsp3) is 0.333. The first-order valence-electron chi connectivity index (χ1n) is 8.27. The first kappa shape index (κ1) is 18.9. The molecule has 26 heavy (non-hydrogen) atoms. The molecule has 1 fully saturated rings. The molecule has 1 saturated heterocycles. The van der Waals surface area contributed by atoms with Crippen molar-refractivity contribution in [1.82, 2.24) is 9.29 Å². The minimum Gasteiger partial charge on any atom is -0.497 e. The maximum atomic E-state index is 12.5. The standard InChI is InChI=1S/C18H20N2O4S2/c1-24-15-6-4-5-14(11-15)17(21)13-25-18-8-7-16(12-19-18)26(22,23)20-9-2-3-10-20/h4-8,11-12H,2-3,9-10,13H2,1H3. The third-order valence-corrected chi connectivity index (χ3v) is 6.98. The number of ketones is 1. The lowest BCUT2D eigenvalue weighted by Crippen LogP contribution is -2.27. The average molecular weight is 393 g/mol. The molecule has 3 rings (SSSR count). The zero-order valence-corrected chi connectivity index (χ0v) is 16.1. The lowest BCUT2D eigenvalue weighted by molar-refractivity contribution is 0.102. The number of aromatic nitrogens is 1. The van der Waals surface area contributed by atoms with Gasteiger partial charge in [-0.15, -0.1) is 0 Å². The summed E-state index contributed by atoms with van der Waals surface area (Å²) in [6.07, 6.45) is 3.16. The minimum absolute atomic E-state index is 0.0375. The van der Waals surface area contributed by atoms with Gasteiger partial charge in [-0.1, -0.05) is 23.9 Å². The van der Waals surface area contributed by atoms with E-state index in [0.29, 0.717) is 29.4 Å². The van der Waals surface area contributed by atoms with Crippen molar-refractivity contribution in [3.8, 4) is 5.75 Å². The van der Waals surface area contributed by atoms with Crippen LogP contribution in [0, 0.1) is 0 Å². The van der Waals surface area contributed by atoms with Gasteiger partial charge in [0.25, 0.3) is 0 Å². The molecule has 0 aliphatic carbocycles. The van der Waals surface area contributed by atoms with Gasteiger partial charge in [-0.3, -0.25) is 4.79 Å². The van der Waals surface area contributed by atoms with Gasteiger partial charge in [0.2, 0.25) is 10.0 Å². The van der Waals surface area contributed by atoms with Gasteiger partial charge in [0, 0.05) is 24.8 Å². The van der Waals surface area contributed by atoms with Gasteiger partial charge < -0.3 is 4.74 Å². The zero-order chi connectivity index (χ0) is 18.6. The number of carbonyl (C=O) groups excluding carboxylic acids is 1. The summed E-state index contributed by atoms with van der Waals surface area (Å²) in [5.41, 5.74) is 0.574. The molecule has 0 amide bonds. The molecule has 1 aliphatic rings. The van der Waals surface area contributed by atoms with E-state index in [0.717, 1.165) is 12.8 Å². The van der Waals surface area contributed by atoms with Crippen molar-refractivity contribution >= 4 is 27.6 Å². The first-order valence-corrected chi connectivity index (χ1v) is 10.7. The number of thioether (sulfide) groups is 1. The number of sulfonamides is 1. The highest BCUT2D eigenvalue weighted by Crippen LogP contribution is 2.23. The first-order chi connectivity index (χ1) is 12.5. The number of hydrogen-bond acceptors (Lipinski definition) is 6. The second-order valence-corrected chi connectivity index (χ2v) is 8.82. The van der Waals surface area contributed by atoms with E-state index in [1.807, 2.05) is 0 Å². The SMILES string of the molecule is COc1cccc(C(=O)CSc2ccc(S(=O)(=O)N3CCCC3)cn2)c1. The van der Waals surface area contributed by atoms with E-state index in [9.17, 15) is 13.2 Å². The van der Waals surface area contributed by atoms with Crippen LogP contribution in [0.4, 0.5) is 0 Å². The quantitative estimate of drug-likeness (QED) is 0.533. The summed E-state index contributed by atoms with van der Waals surface area (Å²) in [7, 11) is -1.90. The Labute approximate surface area is 157 Å². The van der Waals surface area contributed by atoms with Crippen molar-refractivity contribution in [2.45, 2.75) is 22.8 Å². The monoisotopic (exact) mass is 392 g/mol. The van der Waals surface area contributed by atoms with E-state index >= 15 is 0 Å². The topological polar surface area (TPSA) is 76.6 Å². The zero-order valence-electron chi connectivity index (χ0n) is 14.4. The van der Waals surface area contributed by atoms with Crippen LogP contribution in [0.25, 0.3) is 0 Å². The molecular weight excluding hydrogens is 372 g/mol. The van der Waals surface area contributed by atoms with Gasteiger partial charge in [-0.25, -0.2) is 13.4 Å². The van der Waals surface area contributed by atoms with Crippen LogP contribution >= 0.6 is 11.8 Å². The Bertz CT molecular complexity index is 876. The molecule has 0 radical (unpaired) electrons. The molecule has 0 atom stereocenters. The molecule has 0 saturated carbocycles. The van der Waals surface area contributed by atoms with Crippen LogP contribution in [0.2, 0.25) is 0 Å². The molecule has 0 unspecified atom stereocenters.